The third-order valence-electron chi connectivity index (χ3n) is 1.40. The molecule has 0 atom stereocenters. The molecule has 0 N–H and O–H groups in total. The standard InChI is InChI=1S/C6H4N2O4S2/c9-5-11-3(7-13-5)1-2-4-8-14-6(10)12-4/h1-2H2. The van der Waals surface area contributed by atoms with Crippen LogP contribution in [0.2, 0.25) is 0 Å². The van der Waals surface area contributed by atoms with Gasteiger partial charge in [0.15, 0.2) is 0 Å². The highest BCUT2D eigenvalue weighted by atomic mass is 32.1. The molecule has 14 heavy (non-hydrogen) atoms. The predicted molar refractivity (Wildman–Crippen MR) is 48.7 cm³/mol. The molecular weight excluding hydrogens is 228 g/mol. The van der Waals surface area contributed by atoms with Crippen LogP contribution < -0.4 is 9.88 Å². The molecule has 0 aliphatic heterocycles. The molecule has 0 bridgehead atoms. The quantitative estimate of drug-likeness (QED) is 0.756. The molecule has 0 unspecified atom stereocenters. The summed E-state index contributed by atoms with van der Waals surface area (Å²) >= 11 is 1.52. The zero-order valence-corrected chi connectivity index (χ0v) is 8.39. The summed E-state index contributed by atoms with van der Waals surface area (Å²) in [7, 11) is 0. The maximum atomic E-state index is 10.6. The lowest BCUT2D eigenvalue weighted by atomic mass is 10.3. The molecule has 0 aliphatic rings. The SMILES string of the molecule is O=c1oc(CCc2nsc(=O)o2)ns1. The smallest absolute Gasteiger partial charge is 0.399 e. The molecule has 2 rings (SSSR count). The highest BCUT2D eigenvalue weighted by molar-refractivity contribution is 7.02. The zero-order valence-electron chi connectivity index (χ0n) is 6.76. The molecule has 0 saturated carbocycles. The molecule has 0 fully saturated rings. The number of aryl methyl sites for hydroxylation is 2. The van der Waals surface area contributed by atoms with Crippen LogP contribution in [0.15, 0.2) is 18.4 Å². The van der Waals surface area contributed by atoms with Crippen molar-refractivity contribution in [1.29, 1.82) is 0 Å². The minimum Gasteiger partial charge on any atom is -0.399 e. The lowest BCUT2D eigenvalue weighted by Gasteiger charge is -1.88. The van der Waals surface area contributed by atoms with Gasteiger partial charge in [0.2, 0.25) is 11.8 Å². The molecule has 2 heterocycles. The van der Waals surface area contributed by atoms with Crippen molar-refractivity contribution in [3.63, 3.8) is 0 Å². The molecule has 0 aliphatic carbocycles. The van der Waals surface area contributed by atoms with Gasteiger partial charge >= 0.3 is 9.88 Å². The second kappa shape index (κ2) is 3.84. The Morgan fingerprint density at radius 3 is 1.64 bits per heavy atom. The van der Waals surface area contributed by atoms with E-state index < -0.39 is 9.88 Å². The van der Waals surface area contributed by atoms with Gasteiger partial charge in [-0.15, -0.1) is 0 Å². The van der Waals surface area contributed by atoms with E-state index in [-0.39, 0.29) is 0 Å². The minimum atomic E-state index is -0.431. The van der Waals surface area contributed by atoms with E-state index in [1.807, 2.05) is 0 Å². The first-order valence-corrected chi connectivity index (χ1v) is 5.20. The Balaban J connectivity index is 2.01. The summed E-state index contributed by atoms with van der Waals surface area (Å²) < 4.78 is 17.0. The van der Waals surface area contributed by atoms with Crippen LogP contribution in [0.1, 0.15) is 11.8 Å². The van der Waals surface area contributed by atoms with Gasteiger partial charge in [-0.25, -0.2) is 9.59 Å². The largest absolute Gasteiger partial charge is 0.414 e. The monoisotopic (exact) mass is 232 g/mol. The van der Waals surface area contributed by atoms with Gasteiger partial charge in [0.25, 0.3) is 0 Å². The van der Waals surface area contributed by atoms with E-state index in [2.05, 4.69) is 8.75 Å². The summed E-state index contributed by atoms with van der Waals surface area (Å²) in [6.07, 6.45) is 0.816. The fourth-order valence-corrected chi connectivity index (χ4v) is 1.73. The summed E-state index contributed by atoms with van der Waals surface area (Å²) in [6.45, 7) is 0. The van der Waals surface area contributed by atoms with Gasteiger partial charge < -0.3 is 8.83 Å². The summed E-state index contributed by atoms with van der Waals surface area (Å²) in [5, 5.41) is 0. The van der Waals surface area contributed by atoms with Crippen LogP contribution in [0.5, 0.6) is 0 Å². The Hall–Kier alpha value is -1.28. The molecule has 0 amide bonds. The van der Waals surface area contributed by atoms with E-state index in [4.69, 9.17) is 8.83 Å². The summed E-state index contributed by atoms with van der Waals surface area (Å²) in [6, 6.07) is 0. The first-order chi connectivity index (χ1) is 6.74. The van der Waals surface area contributed by atoms with Crippen molar-refractivity contribution in [2.24, 2.45) is 0 Å². The summed E-state index contributed by atoms with van der Waals surface area (Å²) in [5.41, 5.74) is 0. The molecule has 74 valence electrons. The van der Waals surface area contributed by atoms with E-state index in [0.717, 1.165) is 23.1 Å². The van der Waals surface area contributed by atoms with Crippen molar-refractivity contribution < 1.29 is 8.83 Å². The van der Waals surface area contributed by atoms with E-state index >= 15 is 0 Å². The maximum absolute atomic E-state index is 10.6. The Morgan fingerprint density at radius 2 is 1.36 bits per heavy atom. The van der Waals surface area contributed by atoms with E-state index in [9.17, 15) is 9.59 Å². The van der Waals surface area contributed by atoms with Gasteiger partial charge in [-0.3, -0.25) is 0 Å². The van der Waals surface area contributed by atoms with Crippen molar-refractivity contribution in [3.05, 3.63) is 31.2 Å². The summed E-state index contributed by atoms with van der Waals surface area (Å²) in [4.78, 5) is 20.4. The van der Waals surface area contributed by atoms with Gasteiger partial charge in [-0.2, -0.15) is 8.75 Å². The first-order valence-electron chi connectivity index (χ1n) is 3.65. The Labute approximate surface area is 85.2 Å². The van der Waals surface area contributed by atoms with Crippen LogP contribution in [-0.4, -0.2) is 8.75 Å². The molecule has 0 aromatic carbocycles. The van der Waals surface area contributed by atoms with Gasteiger partial charge in [0.1, 0.15) is 0 Å². The van der Waals surface area contributed by atoms with Crippen LogP contribution in [-0.2, 0) is 12.8 Å². The van der Waals surface area contributed by atoms with E-state index in [1.54, 1.807) is 0 Å². The predicted octanol–water partition coefficient (Wildman–Crippen LogP) is 0.291. The second-order valence-corrected chi connectivity index (χ2v) is 3.75. The highest BCUT2D eigenvalue weighted by Crippen LogP contribution is 2.02. The maximum Gasteiger partial charge on any atom is 0.414 e. The lowest BCUT2D eigenvalue weighted by molar-refractivity contribution is 0.434. The van der Waals surface area contributed by atoms with Crippen molar-refractivity contribution >= 4 is 23.1 Å². The number of aromatic nitrogens is 2. The first kappa shape index (κ1) is 9.28. The molecular formula is C6H4N2O4S2. The van der Waals surface area contributed by atoms with Gasteiger partial charge in [-0.1, -0.05) is 0 Å². The Bertz CT molecular complexity index is 474. The molecule has 0 spiro atoms. The van der Waals surface area contributed by atoms with E-state index in [1.165, 1.54) is 0 Å². The van der Waals surface area contributed by atoms with Crippen molar-refractivity contribution in [2.45, 2.75) is 12.8 Å². The normalized spacial score (nSPS) is 10.6. The molecule has 0 saturated heterocycles. The topological polar surface area (TPSA) is 86.2 Å². The molecule has 6 nitrogen and oxygen atoms in total. The molecule has 2 aromatic rings. The van der Waals surface area contributed by atoms with Gasteiger partial charge in [0, 0.05) is 35.9 Å². The van der Waals surface area contributed by atoms with Crippen LogP contribution >= 0.6 is 23.1 Å². The minimum absolute atomic E-state index is 0.343. The Kier molecular flexibility index (Phi) is 2.55. The second-order valence-electron chi connectivity index (χ2n) is 2.36. The number of nitrogens with zero attached hydrogens (tertiary/aromatic N) is 2. The van der Waals surface area contributed by atoms with E-state index in [0.29, 0.717) is 24.6 Å². The highest BCUT2D eigenvalue weighted by Gasteiger charge is 2.06. The van der Waals surface area contributed by atoms with Gasteiger partial charge in [-0.05, 0) is 0 Å². The number of hydrogen-bond acceptors (Lipinski definition) is 8. The van der Waals surface area contributed by atoms with Crippen molar-refractivity contribution in [2.75, 3.05) is 0 Å². The van der Waals surface area contributed by atoms with Crippen LogP contribution in [0.25, 0.3) is 0 Å². The fourth-order valence-electron chi connectivity index (χ4n) is 0.850. The lowest BCUT2D eigenvalue weighted by Crippen LogP contribution is -1.93. The molecule has 2 aromatic heterocycles. The average Bonchev–Trinajstić information content (AvgIpc) is 2.72. The molecule has 8 heteroatoms. The average molecular weight is 232 g/mol. The van der Waals surface area contributed by atoms with Crippen molar-refractivity contribution in [3.8, 4) is 0 Å². The van der Waals surface area contributed by atoms with Crippen LogP contribution in [0, 0.1) is 0 Å². The fraction of sp³-hybridized carbons (Fsp3) is 0.333. The van der Waals surface area contributed by atoms with Crippen LogP contribution in [0.4, 0.5) is 0 Å². The number of hydrogen-bond donors (Lipinski definition) is 0. The third kappa shape index (κ3) is 2.15. The third-order valence-corrected chi connectivity index (χ3v) is 2.45. The Morgan fingerprint density at radius 1 is 0.929 bits per heavy atom. The number of rotatable bonds is 3. The van der Waals surface area contributed by atoms with Crippen molar-refractivity contribution in [1.82, 2.24) is 8.75 Å². The van der Waals surface area contributed by atoms with Crippen LogP contribution in [0.3, 0.4) is 0 Å². The summed E-state index contributed by atoms with van der Waals surface area (Å²) in [5.74, 6) is 0.686. The van der Waals surface area contributed by atoms with Gasteiger partial charge in [0.05, 0.1) is 0 Å². The molecule has 0 radical (unpaired) electrons. The zero-order chi connectivity index (χ0) is 9.97.